The Labute approximate surface area is 142 Å². The summed E-state index contributed by atoms with van der Waals surface area (Å²) in [6.45, 7) is 3.80. The van der Waals surface area contributed by atoms with Crippen molar-refractivity contribution in [2.45, 2.75) is 13.5 Å². The average molecular weight is 330 g/mol. The Morgan fingerprint density at radius 2 is 1.83 bits per heavy atom. The van der Waals surface area contributed by atoms with Crippen LogP contribution in [0.4, 0.5) is 0 Å². The molecule has 0 bridgehead atoms. The van der Waals surface area contributed by atoms with E-state index < -0.39 is 0 Å². The number of hydrogen-bond donors (Lipinski definition) is 0. The minimum atomic E-state index is 0.469. The van der Waals surface area contributed by atoms with Gasteiger partial charge in [0.25, 0.3) is 0 Å². The monoisotopic (exact) mass is 329 g/mol. The molecule has 0 amide bonds. The fraction of sp³-hybridized carbons (Fsp3) is 0.263. The van der Waals surface area contributed by atoms with Crippen molar-refractivity contribution >= 4 is 22.5 Å². The van der Waals surface area contributed by atoms with Crippen LogP contribution in [0.2, 0.25) is 5.02 Å². The van der Waals surface area contributed by atoms with Crippen molar-refractivity contribution in [1.29, 1.82) is 0 Å². The van der Waals surface area contributed by atoms with Gasteiger partial charge in [-0.05, 0) is 30.7 Å². The largest absolute Gasteiger partial charge is 0.339 e. The minimum Gasteiger partial charge on any atom is -0.339 e. The van der Waals surface area contributed by atoms with Crippen molar-refractivity contribution in [3.8, 4) is 5.75 Å². The molecule has 0 aliphatic rings. The molecule has 0 aliphatic carbocycles. The molecule has 0 radical (unpaired) electrons. The van der Waals surface area contributed by atoms with Gasteiger partial charge in [0.1, 0.15) is 20.6 Å². The molecule has 0 atom stereocenters. The molecule has 0 unspecified atom stereocenters. The van der Waals surface area contributed by atoms with Gasteiger partial charge in [0, 0.05) is 11.6 Å². The first-order valence-electron chi connectivity index (χ1n) is 7.83. The highest BCUT2D eigenvalue weighted by Gasteiger charge is 2.20. The Kier molecular flexibility index (Phi) is 4.33. The van der Waals surface area contributed by atoms with Crippen molar-refractivity contribution in [1.82, 2.24) is 4.57 Å². The Bertz CT molecular complexity index is 809. The van der Waals surface area contributed by atoms with E-state index in [2.05, 4.69) is 48.0 Å². The first kappa shape index (κ1) is 15.9. The molecule has 3 aromatic rings. The van der Waals surface area contributed by atoms with Crippen molar-refractivity contribution < 1.29 is 9.48 Å². The molecule has 0 spiro atoms. The molecule has 1 aromatic heterocycles. The summed E-state index contributed by atoms with van der Waals surface area (Å²) < 4.78 is 2.68. The van der Waals surface area contributed by atoms with Gasteiger partial charge in [0.05, 0.1) is 17.1 Å². The summed E-state index contributed by atoms with van der Waals surface area (Å²) >= 11 is 6.20. The summed E-state index contributed by atoms with van der Waals surface area (Å²) in [5.74, 6) is 0.866. The van der Waals surface area contributed by atoms with Gasteiger partial charge in [-0.2, -0.15) is 0 Å². The van der Waals surface area contributed by atoms with Crippen molar-refractivity contribution in [2.75, 3.05) is 20.6 Å². The Balaban J connectivity index is 2.05. The number of nitrogens with zero attached hydrogens (tertiary/aromatic N) is 2. The number of halogens is 1. The topological polar surface area (TPSA) is 14.2 Å². The Morgan fingerprint density at radius 3 is 2.52 bits per heavy atom. The summed E-state index contributed by atoms with van der Waals surface area (Å²) in [6, 6.07) is 16.4. The molecule has 120 valence electrons. The highest BCUT2D eigenvalue weighted by atomic mass is 35.5. The van der Waals surface area contributed by atoms with Crippen LogP contribution in [-0.2, 0) is 6.54 Å². The van der Waals surface area contributed by atoms with Crippen LogP contribution >= 0.6 is 11.6 Å². The van der Waals surface area contributed by atoms with Crippen LogP contribution < -0.4 is 4.84 Å². The van der Waals surface area contributed by atoms with Gasteiger partial charge < -0.3 is 9.40 Å². The fourth-order valence-electron chi connectivity index (χ4n) is 2.55. The molecule has 4 heteroatoms. The van der Waals surface area contributed by atoms with E-state index in [9.17, 15) is 0 Å². The van der Waals surface area contributed by atoms with Crippen molar-refractivity contribution in [3.05, 3.63) is 65.3 Å². The Hall–Kier alpha value is -1.97. The van der Waals surface area contributed by atoms with E-state index in [1.165, 1.54) is 5.56 Å². The number of fused-ring (bicyclic) bond motifs is 1. The quantitative estimate of drug-likeness (QED) is 0.487. The van der Waals surface area contributed by atoms with E-state index >= 15 is 0 Å². The molecule has 0 saturated heterocycles. The predicted molar refractivity (Wildman–Crippen MR) is 95.8 cm³/mol. The lowest BCUT2D eigenvalue weighted by Crippen LogP contribution is -2.42. The minimum absolute atomic E-state index is 0.469. The second-order valence-corrected chi connectivity index (χ2v) is 6.69. The van der Waals surface area contributed by atoms with E-state index in [4.69, 9.17) is 16.4 Å². The summed E-state index contributed by atoms with van der Waals surface area (Å²) in [7, 11) is 4.09. The third kappa shape index (κ3) is 3.52. The number of hydrogen-bond acceptors (Lipinski definition) is 1. The zero-order chi connectivity index (χ0) is 16.4. The van der Waals surface area contributed by atoms with E-state index in [0.29, 0.717) is 4.65 Å². The molecule has 0 fully saturated rings. The molecule has 2 aromatic carbocycles. The van der Waals surface area contributed by atoms with Crippen LogP contribution in [0.1, 0.15) is 12.5 Å². The van der Waals surface area contributed by atoms with E-state index in [1.807, 2.05) is 32.3 Å². The first-order chi connectivity index (χ1) is 11.0. The van der Waals surface area contributed by atoms with Crippen molar-refractivity contribution in [3.63, 3.8) is 0 Å². The summed E-state index contributed by atoms with van der Waals surface area (Å²) in [4.78, 5) is 6.20. The summed E-state index contributed by atoms with van der Waals surface area (Å²) in [5, 5.41) is 1.77. The van der Waals surface area contributed by atoms with Gasteiger partial charge in [-0.15, -0.1) is 4.65 Å². The zero-order valence-corrected chi connectivity index (χ0v) is 14.5. The standard InChI is InChI=1S/C19H22ClN2O/c1-4-22(2,3)23-19-14-21(13-15-8-6-5-7-9-15)18-11-10-16(20)12-17(18)19/h5-12,14H,4,13H2,1-3H3/q+1. The lowest BCUT2D eigenvalue weighted by atomic mass is 10.2. The lowest BCUT2D eigenvalue weighted by Gasteiger charge is -2.25. The van der Waals surface area contributed by atoms with Crippen LogP contribution in [0.3, 0.4) is 0 Å². The molecule has 0 N–H and O–H groups in total. The van der Waals surface area contributed by atoms with Crippen LogP contribution in [0.15, 0.2) is 54.7 Å². The molecular weight excluding hydrogens is 308 g/mol. The van der Waals surface area contributed by atoms with Crippen LogP contribution in [-0.4, -0.2) is 29.9 Å². The SMILES string of the molecule is CC[N+](C)(C)Oc1cn(Cc2ccccc2)c2ccc(Cl)cc12. The third-order valence-electron chi connectivity index (χ3n) is 4.11. The van der Waals surface area contributed by atoms with Gasteiger partial charge >= 0.3 is 0 Å². The van der Waals surface area contributed by atoms with Crippen LogP contribution in [0.5, 0.6) is 5.75 Å². The molecule has 3 nitrogen and oxygen atoms in total. The van der Waals surface area contributed by atoms with Gasteiger partial charge in [-0.1, -0.05) is 41.9 Å². The van der Waals surface area contributed by atoms with Gasteiger partial charge in [0.15, 0.2) is 0 Å². The van der Waals surface area contributed by atoms with Gasteiger partial charge in [-0.25, -0.2) is 0 Å². The number of rotatable bonds is 5. The highest BCUT2D eigenvalue weighted by molar-refractivity contribution is 6.31. The number of benzene rings is 2. The van der Waals surface area contributed by atoms with Crippen LogP contribution in [0, 0.1) is 0 Å². The number of aromatic nitrogens is 1. The summed E-state index contributed by atoms with van der Waals surface area (Å²) in [5.41, 5.74) is 2.39. The maximum absolute atomic E-state index is 6.20. The predicted octanol–water partition coefficient (Wildman–Crippen LogP) is 4.73. The molecular formula is C19H22ClN2O+. The maximum Gasteiger partial charge on any atom is 0.215 e. The second-order valence-electron chi connectivity index (χ2n) is 6.25. The zero-order valence-electron chi connectivity index (χ0n) is 13.8. The maximum atomic E-state index is 6.20. The van der Waals surface area contributed by atoms with Crippen LogP contribution in [0.25, 0.3) is 10.9 Å². The van der Waals surface area contributed by atoms with E-state index in [1.54, 1.807) is 0 Å². The summed E-state index contributed by atoms with van der Waals surface area (Å²) in [6.07, 6.45) is 2.07. The smallest absolute Gasteiger partial charge is 0.215 e. The normalized spacial score (nSPS) is 11.8. The molecule has 1 heterocycles. The molecule has 3 rings (SSSR count). The molecule has 0 aliphatic heterocycles. The first-order valence-corrected chi connectivity index (χ1v) is 8.21. The Morgan fingerprint density at radius 1 is 1.09 bits per heavy atom. The molecule has 23 heavy (non-hydrogen) atoms. The van der Waals surface area contributed by atoms with Gasteiger partial charge in [0.2, 0.25) is 5.75 Å². The van der Waals surface area contributed by atoms with E-state index in [-0.39, 0.29) is 0 Å². The number of hydroxylamine groups is 3. The molecule has 0 saturated carbocycles. The second kappa shape index (κ2) is 6.26. The average Bonchev–Trinajstić information content (AvgIpc) is 2.85. The fourth-order valence-corrected chi connectivity index (χ4v) is 2.72. The number of quaternary nitrogens is 1. The van der Waals surface area contributed by atoms with Crippen molar-refractivity contribution in [2.24, 2.45) is 0 Å². The highest BCUT2D eigenvalue weighted by Crippen LogP contribution is 2.32. The van der Waals surface area contributed by atoms with Gasteiger partial charge in [-0.3, -0.25) is 0 Å². The lowest BCUT2D eigenvalue weighted by molar-refractivity contribution is -1.05. The third-order valence-corrected chi connectivity index (χ3v) is 4.34. The van der Waals surface area contributed by atoms with E-state index in [0.717, 1.165) is 34.8 Å².